The van der Waals surface area contributed by atoms with Crippen molar-refractivity contribution in [1.82, 2.24) is 10.2 Å². The Bertz CT molecular complexity index is 341. The number of nitrogens with zero attached hydrogens (tertiary/aromatic N) is 2. The molecule has 1 saturated heterocycles. The van der Waals surface area contributed by atoms with Crippen LogP contribution in [0.15, 0.2) is 4.99 Å². The van der Waals surface area contributed by atoms with Gasteiger partial charge >= 0.3 is 0 Å². The molecular weight excluding hydrogens is 278 g/mol. The first kappa shape index (κ1) is 17.5. The Labute approximate surface area is 135 Å². The Morgan fingerprint density at radius 2 is 2.00 bits per heavy atom. The normalized spacial score (nSPS) is 21.0. The highest BCUT2D eigenvalue weighted by Crippen LogP contribution is 2.45. The minimum absolute atomic E-state index is 0.597. The van der Waals surface area contributed by atoms with E-state index in [1.165, 1.54) is 38.6 Å². The molecule has 5 nitrogen and oxygen atoms in total. The van der Waals surface area contributed by atoms with Gasteiger partial charge in [-0.2, -0.15) is 0 Å². The van der Waals surface area contributed by atoms with Crippen LogP contribution in [0.4, 0.5) is 0 Å². The molecule has 0 aromatic heterocycles. The highest BCUT2D eigenvalue weighted by atomic mass is 16.5. The number of rotatable bonds is 8. The van der Waals surface area contributed by atoms with Gasteiger partial charge in [-0.3, -0.25) is 4.99 Å². The number of likely N-dealkylation sites (tertiary alicyclic amines) is 1. The van der Waals surface area contributed by atoms with E-state index in [1.807, 2.05) is 0 Å². The van der Waals surface area contributed by atoms with Gasteiger partial charge < -0.3 is 19.7 Å². The molecular formula is C17H33N3O2. The van der Waals surface area contributed by atoms with Gasteiger partial charge in [0.1, 0.15) is 0 Å². The number of guanidine groups is 1. The number of methoxy groups -OCH3 is 1. The molecule has 22 heavy (non-hydrogen) atoms. The molecule has 0 aromatic rings. The van der Waals surface area contributed by atoms with E-state index in [0.29, 0.717) is 18.6 Å². The van der Waals surface area contributed by atoms with Gasteiger partial charge in [0.25, 0.3) is 0 Å². The molecule has 5 heteroatoms. The third-order valence-electron chi connectivity index (χ3n) is 4.88. The van der Waals surface area contributed by atoms with Gasteiger partial charge in [0, 0.05) is 39.9 Å². The summed E-state index contributed by atoms with van der Waals surface area (Å²) in [6.07, 6.45) is 7.97. The van der Waals surface area contributed by atoms with Crippen molar-refractivity contribution in [3.05, 3.63) is 0 Å². The van der Waals surface area contributed by atoms with Crippen LogP contribution < -0.4 is 5.32 Å². The molecule has 0 radical (unpaired) electrons. The van der Waals surface area contributed by atoms with E-state index in [1.54, 1.807) is 7.11 Å². The van der Waals surface area contributed by atoms with Gasteiger partial charge in [0.2, 0.25) is 0 Å². The molecule has 128 valence electrons. The van der Waals surface area contributed by atoms with Crippen molar-refractivity contribution >= 4 is 5.96 Å². The Kier molecular flexibility index (Phi) is 7.46. The molecule has 1 aliphatic carbocycles. The van der Waals surface area contributed by atoms with E-state index < -0.39 is 0 Å². The lowest BCUT2D eigenvalue weighted by Crippen LogP contribution is -2.41. The van der Waals surface area contributed by atoms with Gasteiger partial charge in [-0.15, -0.1) is 0 Å². The van der Waals surface area contributed by atoms with Crippen molar-refractivity contribution in [2.75, 3.05) is 53.1 Å². The maximum Gasteiger partial charge on any atom is 0.193 e. The Morgan fingerprint density at radius 1 is 1.18 bits per heavy atom. The molecule has 0 atom stereocenters. The first-order valence-corrected chi connectivity index (χ1v) is 8.90. The average Bonchev–Trinajstić information content (AvgIpc) is 3.16. The van der Waals surface area contributed by atoms with Crippen LogP contribution in [-0.4, -0.2) is 64.0 Å². The third-order valence-corrected chi connectivity index (χ3v) is 4.88. The third kappa shape index (κ3) is 5.13. The van der Waals surface area contributed by atoms with E-state index in [-0.39, 0.29) is 0 Å². The highest BCUT2D eigenvalue weighted by Gasteiger charge is 2.40. The SMILES string of the molecule is CCNC(=NCCCOCCOC)N1CCC2(CCCC2)C1. The minimum atomic E-state index is 0.597. The van der Waals surface area contributed by atoms with Crippen LogP contribution >= 0.6 is 0 Å². The molecule has 1 aliphatic heterocycles. The fourth-order valence-corrected chi connectivity index (χ4v) is 3.67. The summed E-state index contributed by atoms with van der Waals surface area (Å²) in [5.41, 5.74) is 0.597. The lowest BCUT2D eigenvalue weighted by molar-refractivity contribution is 0.0702. The lowest BCUT2D eigenvalue weighted by Gasteiger charge is -2.26. The molecule has 0 unspecified atom stereocenters. The van der Waals surface area contributed by atoms with Gasteiger partial charge in [-0.25, -0.2) is 0 Å². The summed E-state index contributed by atoms with van der Waals surface area (Å²) < 4.78 is 10.5. The van der Waals surface area contributed by atoms with Crippen molar-refractivity contribution in [2.24, 2.45) is 10.4 Å². The predicted octanol–water partition coefficient (Wildman–Crippen LogP) is 2.27. The summed E-state index contributed by atoms with van der Waals surface area (Å²) in [7, 11) is 1.70. The molecule has 2 rings (SSSR count). The van der Waals surface area contributed by atoms with Crippen molar-refractivity contribution in [3.8, 4) is 0 Å². The van der Waals surface area contributed by atoms with E-state index >= 15 is 0 Å². The fraction of sp³-hybridized carbons (Fsp3) is 0.941. The van der Waals surface area contributed by atoms with Crippen LogP contribution in [0.1, 0.15) is 45.4 Å². The van der Waals surface area contributed by atoms with Crippen LogP contribution in [0.25, 0.3) is 0 Å². The molecule has 1 saturated carbocycles. The molecule has 0 bridgehead atoms. The molecule has 2 fully saturated rings. The van der Waals surface area contributed by atoms with Gasteiger partial charge in [0.15, 0.2) is 5.96 Å². The quantitative estimate of drug-likeness (QED) is 0.424. The number of hydrogen-bond acceptors (Lipinski definition) is 3. The molecule has 0 aromatic carbocycles. The van der Waals surface area contributed by atoms with Gasteiger partial charge in [0.05, 0.1) is 13.2 Å². The van der Waals surface area contributed by atoms with Crippen LogP contribution in [0.5, 0.6) is 0 Å². The summed E-state index contributed by atoms with van der Waals surface area (Å²) in [6.45, 7) is 8.38. The second-order valence-corrected chi connectivity index (χ2v) is 6.57. The number of aliphatic imine (C=N–C) groups is 1. The van der Waals surface area contributed by atoms with E-state index in [2.05, 4.69) is 17.1 Å². The summed E-state index contributed by atoms with van der Waals surface area (Å²) in [4.78, 5) is 7.26. The number of hydrogen-bond donors (Lipinski definition) is 1. The summed E-state index contributed by atoms with van der Waals surface area (Å²) >= 11 is 0. The second-order valence-electron chi connectivity index (χ2n) is 6.57. The Hall–Kier alpha value is -0.810. The van der Waals surface area contributed by atoms with Crippen molar-refractivity contribution in [1.29, 1.82) is 0 Å². The van der Waals surface area contributed by atoms with Crippen molar-refractivity contribution in [3.63, 3.8) is 0 Å². The minimum Gasteiger partial charge on any atom is -0.382 e. The zero-order valence-corrected chi connectivity index (χ0v) is 14.4. The van der Waals surface area contributed by atoms with Crippen LogP contribution in [0, 0.1) is 5.41 Å². The van der Waals surface area contributed by atoms with E-state index in [4.69, 9.17) is 14.5 Å². The lowest BCUT2D eigenvalue weighted by atomic mass is 9.86. The molecule has 2 aliphatic rings. The first-order chi connectivity index (χ1) is 10.8. The van der Waals surface area contributed by atoms with Crippen LogP contribution in [-0.2, 0) is 9.47 Å². The monoisotopic (exact) mass is 311 g/mol. The molecule has 1 spiro atoms. The zero-order valence-electron chi connectivity index (χ0n) is 14.4. The predicted molar refractivity (Wildman–Crippen MR) is 90.4 cm³/mol. The summed E-state index contributed by atoms with van der Waals surface area (Å²) in [5, 5.41) is 3.46. The Morgan fingerprint density at radius 3 is 2.73 bits per heavy atom. The second kappa shape index (κ2) is 9.36. The maximum atomic E-state index is 5.49. The number of ether oxygens (including phenoxy) is 2. The average molecular weight is 311 g/mol. The molecule has 1 heterocycles. The smallest absolute Gasteiger partial charge is 0.193 e. The van der Waals surface area contributed by atoms with Crippen molar-refractivity contribution in [2.45, 2.75) is 45.4 Å². The fourth-order valence-electron chi connectivity index (χ4n) is 3.67. The van der Waals surface area contributed by atoms with E-state index in [0.717, 1.165) is 38.6 Å². The topological polar surface area (TPSA) is 46.1 Å². The summed E-state index contributed by atoms with van der Waals surface area (Å²) in [6, 6.07) is 0. The largest absolute Gasteiger partial charge is 0.382 e. The van der Waals surface area contributed by atoms with Gasteiger partial charge in [-0.1, -0.05) is 12.8 Å². The first-order valence-electron chi connectivity index (χ1n) is 8.90. The van der Waals surface area contributed by atoms with Crippen molar-refractivity contribution < 1.29 is 9.47 Å². The Balaban J connectivity index is 1.73. The molecule has 1 N–H and O–H groups in total. The van der Waals surface area contributed by atoms with Gasteiger partial charge in [-0.05, 0) is 38.0 Å². The number of nitrogens with one attached hydrogen (secondary N) is 1. The zero-order chi connectivity index (χ0) is 15.7. The summed E-state index contributed by atoms with van der Waals surface area (Å²) in [5.74, 6) is 1.10. The van der Waals surface area contributed by atoms with Crippen LogP contribution in [0.3, 0.4) is 0 Å². The van der Waals surface area contributed by atoms with E-state index in [9.17, 15) is 0 Å². The van der Waals surface area contributed by atoms with Crippen LogP contribution in [0.2, 0.25) is 0 Å². The molecule has 0 amide bonds. The standard InChI is InChI=1S/C17H33N3O2/c1-3-18-16(19-10-6-12-22-14-13-21-2)20-11-9-17(15-20)7-4-5-8-17/h3-15H2,1-2H3,(H,18,19). The highest BCUT2D eigenvalue weighted by molar-refractivity contribution is 5.80. The maximum absolute atomic E-state index is 5.49.